The zero-order valence-corrected chi connectivity index (χ0v) is 15.2. The molecule has 1 saturated carbocycles. The molecule has 1 aliphatic rings. The maximum Gasteiger partial charge on any atom is 0.229 e. The number of amides is 1. The quantitative estimate of drug-likeness (QED) is 0.474. The van der Waals surface area contributed by atoms with Crippen LogP contribution in [0.4, 0.5) is 5.69 Å². The van der Waals surface area contributed by atoms with Crippen LogP contribution in [0, 0.1) is 5.92 Å². The van der Waals surface area contributed by atoms with Gasteiger partial charge in [0, 0.05) is 35.2 Å². The Balaban J connectivity index is 1.45. The number of nitrogens with one attached hydrogen (secondary N) is 3. The van der Waals surface area contributed by atoms with Crippen LogP contribution in [0.25, 0.3) is 10.9 Å². The molecule has 3 N–H and O–H groups in total. The van der Waals surface area contributed by atoms with Gasteiger partial charge in [0.05, 0.1) is 0 Å². The average molecular weight is 360 g/mol. The second-order valence-corrected chi connectivity index (χ2v) is 6.95. The molecule has 5 heteroatoms. The van der Waals surface area contributed by atoms with Gasteiger partial charge >= 0.3 is 0 Å². The lowest BCUT2D eigenvalue weighted by Gasteiger charge is -2.24. The Bertz CT molecular complexity index is 941. The molecule has 0 atom stereocenters. The molecule has 1 heterocycles. The topological polar surface area (TPSA) is 69.3 Å². The van der Waals surface area contributed by atoms with E-state index in [9.17, 15) is 4.79 Å². The zero-order chi connectivity index (χ0) is 18.5. The first-order chi connectivity index (χ1) is 13.3. The Morgan fingerprint density at radius 2 is 1.85 bits per heavy atom. The van der Waals surface area contributed by atoms with Crippen molar-refractivity contribution in [3.63, 3.8) is 0 Å². The van der Waals surface area contributed by atoms with E-state index in [4.69, 9.17) is 0 Å². The maximum atomic E-state index is 12.4. The van der Waals surface area contributed by atoms with Crippen LogP contribution in [0.1, 0.15) is 24.8 Å². The van der Waals surface area contributed by atoms with Gasteiger partial charge in [-0.1, -0.05) is 42.8 Å². The van der Waals surface area contributed by atoms with E-state index in [1.54, 1.807) is 0 Å². The number of H-pyrrole nitrogens is 1. The Morgan fingerprint density at radius 3 is 2.63 bits per heavy atom. The van der Waals surface area contributed by atoms with Crippen molar-refractivity contribution in [1.29, 1.82) is 0 Å². The lowest BCUT2D eigenvalue weighted by Crippen LogP contribution is -2.41. The fourth-order valence-corrected chi connectivity index (χ4v) is 3.28. The van der Waals surface area contributed by atoms with Crippen LogP contribution in [-0.2, 0) is 11.2 Å². The molecular weight excluding hydrogens is 336 g/mol. The summed E-state index contributed by atoms with van der Waals surface area (Å²) in [4.78, 5) is 20.3. The Morgan fingerprint density at radius 1 is 1.07 bits per heavy atom. The van der Waals surface area contributed by atoms with Crippen molar-refractivity contribution in [1.82, 2.24) is 10.3 Å². The normalized spacial score (nSPS) is 14.7. The van der Waals surface area contributed by atoms with E-state index in [1.807, 2.05) is 48.7 Å². The van der Waals surface area contributed by atoms with Gasteiger partial charge in [0.2, 0.25) is 11.9 Å². The van der Waals surface area contributed by atoms with Crippen LogP contribution in [-0.4, -0.2) is 23.4 Å². The molecule has 0 saturated heterocycles. The van der Waals surface area contributed by atoms with Gasteiger partial charge < -0.3 is 10.3 Å². The van der Waals surface area contributed by atoms with Crippen molar-refractivity contribution < 1.29 is 4.79 Å². The molecular formula is C22H24N4O. The number of aliphatic imine (C=N–C) groups is 1. The third-order valence-electron chi connectivity index (χ3n) is 5.08. The molecule has 27 heavy (non-hydrogen) atoms. The van der Waals surface area contributed by atoms with Gasteiger partial charge in [0.1, 0.15) is 0 Å². The number of anilines is 1. The summed E-state index contributed by atoms with van der Waals surface area (Å²) < 4.78 is 0. The Kier molecular flexibility index (Phi) is 5.19. The van der Waals surface area contributed by atoms with Gasteiger partial charge in [0.25, 0.3) is 0 Å². The van der Waals surface area contributed by atoms with E-state index < -0.39 is 0 Å². The minimum Gasteiger partial charge on any atom is -0.361 e. The van der Waals surface area contributed by atoms with Gasteiger partial charge in [-0.2, -0.15) is 0 Å². The standard InChI is InChI=1S/C22H24N4O/c27-21(16-7-6-8-16)26-22(25-18-9-2-1-3-10-18)23-14-13-17-15-24-20-12-5-4-11-19(17)20/h1-5,9-12,15-16,24H,6-8,13-14H2,(H2,23,25,26,27). The molecule has 1 amide bonds. The van der Waals surface area contributed by atoms with E-state index in [-0.39, 0.29) is 11.8 Å². The van der Waals surface area contributed by atoms with Crippen molar-refractivity contribution in [2.24, 2.45) is 10.9 Å². The molecule has 1 aromatic heterocycles. The molecule has 5 nitrogen and oxygen atoms in total. The Labute approximate surface area is 158 Å². The molecule has 1 aliphatic carbocycles. The number of aromatic nitrogens is 1. The first-order valence-corrected chi connectivity index (χ1v) is 9.52. The summed E-state index contributed by atoms with van der Waals surface area (Å²) in [6.07, 6.45) is 5.93. The van der Waals surface area contributed by atoms with Gasteiger partial charge in [-0.3, -0.25) is 15.1 Å². The number of rotatable bonds is 5. The highest BCUT2D eigenvalue weighted by Crippen LogP contribution is 2.26. The number of para-hydroxylation sites is 2. The molecule has 2 aromatic carbocycles. The summed E-state index contributed by atoms with van der Waals surface area (Å²) >= 11 is 0. The van der Waals surface area contributed by atoms with Crippen LogP contribution in [0.3, 0.4) is 0 Å². The predicted octanol–water partition coefficient (Wildman–Crippen LogP) is 4.09. The molecule has 0 radical (unpaired) electrons. The molecule has 0 bridgehead atoms. The first kappa shape index (κ1) is 17.3. The number of aromatic amines is 1. The fraction of sp³-hybridized carbons (Fsp3) is 0.273. The van der Waals surface area contributed by atoms with Crippen molar-refractivity contribution in [2.75, 3.05) is 11.9 Å². The second-order valence-electron chi connectivity index (χ2n) is 6.95. The van der Waals surface area contributed by atoms with Crippen LogP contribution in [0.2, 0.25) is 0 Å². The molecule has 138 valence electrons. The van der Waals surface area contributed by atoms with E-state index in [2.05, 4.69) is 32.7 Å². The largest absolute Gasteiger partial charge is 0.361 e. The highest BCUT2D eigenvalue weighted by Gasteiger charge is 2.25. The summed E-state index contributed by atoms with van der Waals surface area (Å²) in [7, 11) is 0. The molecule has 1 fully saturated rings. The molecule has 4 rings (SSSR count). The predicted molar refractivity (Wildman–Crippen MR) is 110 cm³/mol. The van der Waals surface area contributed by atoms with Gasteiger partial charge in [0.15, 0.2) is 0 Å². The minimum atomic E-state index is 0.0653. The van der Waals surface area contributed by atoms with Crippen molar-refractivity contribution in [3.8, 4) is 0 Å². The van der Waals surface area contributed by atoms with Gasteiger partial charge in [-0.15, -0.1) is 0 Å². The van der Waals surface area contributed by atoms with Gasteiger partial charge in [-0.05, 0) is 43.0 Å². The summed E-state index contributed by atoms with van der Waals surface area (Å²) in [5, 5.41) is 7.44. The number of benzene rings is 2. The number of nitrogens with zero attached hydrogens (tertiary/aromatic N) is 1. The number of hydrogen-bond donors (Lipinski definition) is 3. The maximum absolute atomic E-state index is 12.4. The number of hydrogen-bond acceptors (Lipinski definition) is 2. The Hall–Kier alpha value is -3.08. The van der Waals surface area contributed by atoms with E-state index in [0.717, 1.165) is 36.9 Å². The van der Waals surface area contributed by atoms with Crippen molar-refractivity contribution >= 4 is 28.5 Å². The molecule has 0 spiro atoms. The summed E-state index contributed by atoms with van der Waals surface area (Å²) in [6.45, 7) is 0.599. The van der Waals surface area contributed by atoms with Crippen LogP contribution < -0.4 is 10.6 Å². The van der Waals surface area contributed by atoms with Crippen LogP contribution >= 0.6 is 0 Å². The van der Waals surface area contributed by atoms with E-state index in [1.165, 1.54) is 10.9 Å². The number of carbonyl (C=O) groups is 1. The van der Waals surface area contributed by atoms with E-state index in [0.29, 0.717) is 12.5 Å². The van der Waals surface area contributed by atoms with E-state index >= 15 is 0 Å². The lowest BCUT2D eigenvalue weighted by molar-refractivity contribution is -0.125. The summed E-state index contributed by atoms with van der Waals surface area (Å²) in [5.74, 6) is 0.717. The van der Waals surface area contributed by atoms with Crippen molar-refractivity contribution in [3.05, 3.63) is 66.4 Å². The number of carbonyl (C=O) groups excluding carboxylic acids is 1. The highest BCUT2D eigenvalue weighted by atomic mass is 16.2. The summed E-state index contributed by atoms with van der Waals surface area (Å²) in [6, 6.07) is 18.1. The SMILES string of the molecule is O=C(NC(=NCCc1c[nH]c2ccccc12)Nc1ccccc1)C1CCC1. The van der Waals surface area contributed by atoms with Crippen LogP contribution in [0.5, 0.6) is 0 Å². The van der Waals surface area contributed by atoms with Gasteiger partial charge in [-0.25, -0.2) is 0 Å². The monoisotopic (exact) mass is 360 g/mol. The number of guanidine groups is 1. The van der Waals surface area contributed by atoms with Crippen molar-refractivity contribution in [2.45, 2.75) is 25.7 Å². The van der Waals surface area contributed by atoms with Crippen LogP contribution in [0.15, 0.2) is 65.8 Å². The lowest BCUT2D eigenvalue weighted by atomic mass is 9.85. The minimum absolute atomic E-state index is 0.0653. The first-order valence-electron chi connectivity index (χ1n) is 9.52. The highest BCUT2D eigenvalue weighted by molar-refractivity contribution is 6.04. The molecule has 0 aliphatic heterocycles. The zero-order valence-electron chi connectivity index (χ0n) is 15.2. The number of fused-ring (bicyclic) bond motifs is 1. The molecule has 3 aromatic rings. The third-order valence-corrected chi connectivity index (χ3v) is 5.08. The second kappa shape index (κ2) is 8.08. The third kappa shape index (κ3) is 4.19. The summed E-state index contributed by atoms with van der Waals surface area (Å²) in [5.41, 5.74) is 3.29. The average Bonchev–Trinajstić information content (AvgIpc) is 3.04. The smallest absolute Gasteiger partial charge is 0.229 e. The fourth-order valence-electron chi connectivity index (χ4n) is 3.28. The molecule has 0 unspecified atom stereocenters.